The summed E-state index contributed by atoms with van der Waals surface area (Å²) in [6.45, 7) is 5.24. The zero-order valence-electron chi connectivity index (χ0n) is 15.2. The summed E-state index contributed by atoms with van der Waals surface area (Å²) in [5.74, 6) is 0.882. The number of amides is 1. The Kier molecular flexibility index (Phi) is 4.06. The minimum absolute atomic E-state index is 0.0641. The molecule has 26 heavy (non-hydrogen) atoms. The van der Waals surface area contributed by atoms with Crippen LogP contribution in [0.5, 0.6) is 5.75 Å². The maximum atomic E-state index is 12.9. The molecule has 1 fully saturated rings. The van der Waals surface area contributed by atoms with E-state index in [9.17, 15) is 9.59 Å². The number of nitrogens with zero attached hydrogens (tertiary/aromatic N) is 1. The van der Waals surface area contributed by atoms with Gasteiger partial charge in [-0.15, -0.1) is 0 Å². The standard InChI is InChI=1S/C22H23NO3/c1-15-11-16(2)13-17(12-15)21(25)23-9-7-22(8-10-23)14-19(24)18-5-3-4-6-20(18)26-22/h3-6,11-13H,7-10,14H2,1-2H3. The number of carbonyl (C=O) groups is 2. The highest BCUT2D eigenvalue weighted by Crippen LogP contribution is 2.39. The Labute approximate surface area is 153 Å². The van der Waals surface area contributed by atoms with Crippen molar-refractivity contribution in [3.8, 4) is 5.75 Å². The Hall–Kier alpha value is -2.62. The Morgan fingerprint density at radius 3 is 2.38 bits per heavy atom. The number of likely N-dealkylation sites (tertiary alicyclic amines) is 1. The molecule has 2 heterocycles. The number of ketones is 1. The molecule has 0 saturated carbocycles. The van der Waals surface area contributed by atoms with E-state index in [4.69, 9.17) is 4.74 Å². The van der Waals surface area contributed by atoms with Crippen molar-refractivity contribution < 1.29 is 14.3 Å². The van der Waals surface area contributed by atoms with Gasteiger partial charge in [0.2, 0.25) is 0 Å². The molecule has 2 aromatic rings. The summed E-state index contributed by atoms with van der Waals surface area (Å²) >= 11 is 0. The minimum atomic E-state index is -0.468. The van der Waals surface area contributed by atoms with E-state index in [0.29, 0.717) is 43.7 Å². The lowest BCUT2D eigenvalue weighted by atomic mass is 9.82. The largest absolute Gasteiger partial charge is 0.486 e. The van der Waals surface area contributed by atoms with Gasteiger partial charge in [-0.1, -0.05) is 29.3 Å². The number of ether oxygens (including phenoxy) is 1. The summed E-state index contributed by atoms with van der Waals surface area (Å²) in [7, 11) is 0. The van der Waals surface area contributed by atoms with Crippen molar-refractivity contribution in [2.75, 3.05) is 13.1 Å². The highest BCUT2D eigenvalue weighted by Gasteiger charge is 2.43. The predicted molar refractivity (Wildman–Crippen MR) is 99.8 cm³/mol. The third-order valence-electron chi connectivity index (χ3n) is 5.43. The molecule has 4 rings (SSSR count). The molecule has 0 unspecified atom stereocenters. The molecular weight excluding hydrogens is 326 g/mol. The lowest BCUT2D eigenvalue weighted by Crippen LogP contribution is -2.52. The Morgan fingerprint density at radius 1 is 1.04 bits per heavy atom. The maximum absolute atomic E-state index is 12.9. The second-order valence-corrected chi connectivity index (χ2v) is 7.55. The number of hydrogen-bond donors (Lipinski definition) is 0. The van der Waals surface area contributed by atoms with E-state index in [-0.39, 0.29) is 11.7 Å². The summed E-state index contributed by atoms with van der Waals surface area (Å²) in [5, 5.41) is 0. The summed E-state index contributed by atoms with van der Waals surface area (Å²) in [5.41, 5.74) is 3.14. The first-order valence-corrected chi connectivity index (χ1v) is 9.15. The topological polar surface area (TPSA) is 46.6 Å². The maximum Gasteiger partial charge on any atom is 0.253 e. The van der Waals surface area contributed by atoms with Crippen LogP contribution in [0.15, 0.2) is 42.5 Å². The third-order valence-corrected chi connectivity index (χ3v) is 5.43. The van der Waals surface area contributed by atoms with E-state index in [1.807, 2.05) is 55.1 Å². The van der Waals surface area contributed by atoms with Crippen LogP contribution >= 0.6 is 0 Å². The van der Waals surface area contributed by atoms with Gasteiger partial charge < -0.3 is 9.64 Å². The molecule has 2 aliphatic rings. The van der Waals surface area contributed by atoms with E-state index < -0.39 is 5.60 Å². The number of rotatable bonds is 1. The molecule has 0 N–H and O–H groups in total. The molecule has 4 heteroatoms. The first-order valence-electron chi connectivity index (χ1n) is 9.15. The van der Waals surface area contributed by atoms with Gasteiger partial charge in [0, 0.05) is 31.5 Å². The van der Waals surface area contributed by atoms with Gasteiger partial charge in [-0.3, -0.25) is 9.59 Å². The summed E-state index contributed by atoms with van der Waals surface area (Å²) in [4.78, 5) is 27.2. The fraction of sp³-hybridized carbons (Fsp3) is 0.364. The van der Waals surface area contributed by atoms with E-state index in [1.165, 1.54) is 0 Å². The van der Waals surface area contributed by atoms with Crippen LogP contribution in [-0.2, 0) is 0 Å². The van der Waals surface area contributed by atoms with Crippen LogP contribution < -0.4 is 4.74 Å². The molecule has 4 nitrogen and oxygen atoms in total. The lowest BCUT2D eigenvalue weighted by Gasteiger charge is -2.44. The molecule has 0 atom stereocenters. The van der Waals surface area contributed by atoms with Crippen LogP contribution in [0.4, 0.5) is 0 Å². The van der Waals surface area contributed by atoms with E-state index in [0.717, 1.165) is 16.7 Å². The molecular formula is C22H23NO3. The number of hydrogen-bond acceptors (Lipinski definition) is 3. The molecule has 0 aliphatic carbocycles. The van der Waals surface area contributed by atoms with Crippen LogP contribution in [-0.4, -0.2) is 35.3 Å². The van der Waals surface area contributed by atoms with Crippen LogP contribution in [0.1, 0.15) is 51.1 Å². The summed E-state index contributed by atoms with van der Waals surface area (Å²) in [6, 6.07) is 13.4. The number of Topliss-reactive ketones (excluding diaryl/α,β-unsaturated/α-hetero) is 1. The average Bonchev–Trinajstić information content (AvgIpc) is 2.61. The highest BCUT2D eigenvalue weighted by molar-refractivity contribution is 6.00. The number of fused-ring (bicyclic) bond motifs is 1. The van der Waals surface area contributed by atoms with Gasteiger partial charge in [0.1, 0.15) is 11.4 Å². The average molecular weight is 349 g/mol. The van der Waals surface area contributed by atoms with E-state index in [2.05, 4.69) is 6.07 Å². The number of carbonyl (C=O) groups excluding carboxylic acids is 2. The number of benzene rings is 2. The Bertz CT molecular complexity index is 858. The van der Waals surface area contributed by atoms with E-state index in [1.54, 1.807) is 0 Å². The molecule has 1 spiro atoms. The Morgan fingerprint density at radius 2 is 1.69 bits per heavy atom. The first-order chi connectivity index (χ1) is 12.5. The highest BCUT2D eigenvalue weighted by atomic mass is 16.5. The monoisotopic (exact) mass is 349 g/mol. The fourth-order valence-corrected chi connectivity index (χ4v) is 4.12. The minimum Gasteiger partial charge on any atom is -0.486 e. The van der Waals surface area contributed by atoms with Crippen molar-refractivity contribution in [2.45, 2.75) is 38.7 Å². The SMILES string of the molecule is Cc1cc(C)cc(C(=O)N2CCC3(CC2)CC(=O)c2ccccc2O3)c1. The van der Waals surface area contributed by atoms with Crippen molar-refractivity contribution in [2.24, 2.45) is 0 Å². The molecule has 1 amide bonds. The normalized spacial score (nSPS) is 18.4. The molecule has 134 valence electrons. The van der Waals surface area contributed by atoms with Gasteiger partial charge in [0.25, 0.3) is 5.91 Å². The second kappa shape index (κ2) is 6.27. The molecule has 0 bridgehead atoms. The summed E-state index contributed by atoms with van der Waals surface area (Å²) < 4.78 is 6.24. The predicted octanol–water partition coefficient (Wildman–Crippen LogP) is 3.94. The van der Waals surface area contributed by atoms with Crippen molar-refractivity contribution in [3.63, 3.8) is 0 Å². The molecule has 1 saturated heterocycles. The fourth-order valence-electron chi connectivity index (χ4n) is 4.12. The summed E-state index contributed by atoms with van der Waals surface area (Å²) in [6.07, 6.45) is 1.77. The molecule has 0 radical (unpaired) electrons. The quantitative estimate of drug-likeness (QED) is 0.783. The van der Waals surface area contributed by atoms with Crippen LogP contribution in [0.3, 0.4) is 0 Å². The van der Waals surface area contributed by atoms with E-state index >= 15 is 0 Å². The van der Waals surface area contributed by atoms with Crippen molar-refractivity contribution in [1.82, 2.24) is 4.90 Å². The Balaban J connectivity index is 1.49. The van der Waals surface area contributed by atoms with Crippen LogP contribution in [0.25, 0.3) is 0 Å². The number of aryl methyl sites for hydroxylation is 2. The number of piperidine rings is 1. The zero-order valence-corrected chi connectivity index (χ0v) is 15.2. The molecule has 0 aromatic heterocycles. The smallest absolute Gasteiger partial charge is 0.253 e. The molecule has 2 aromatic carbocycles. The zero-order chi connectivity index (χ0) is 18.3. The first kappa shape index (κ1) is 16.8. The van der Waals surface area contributed by atoms with Crippen LogP contribution in [0.2, 0.25) is 0 Å². The lowest BCUT2D eigenvalue weighted by molar-refractivity contribution is -0.00571. The molecule has 2 aliphatic heterocycles. The van der Waals surface area contributed by atoms with Gasteiger partial charge in [0.15, 0.2) is 5.78 Å². The third kappa shape index (κ3) is 3.00. The van der Waals surface area contributed by atoms with Gasteiger partial charge >= 0.3 is 0 Å². The van der Waals surface area contributed by atoms with Gasteiger partial charge in [-0.2, -0.15) is 0 Å². The van der Waals surface area contributed by atoms with Gasteiger partial charge in [-0.25, -0.2) is 0 Å². The van der Waals surface area contributed by atoms with Gasteiger partial charge in [-0.05, 0) is 38.1 Å². The second-order valence-electron chi connectivity index (χ2n) is 7.55. The van der Waals surface area contributed by atoms with Crippen LogP contribution in [0, 0.1) is 13.8 Å². The van der Waals surface area contributed by atoms with Gasteiger partial charge in [0.05, 0.1) is 12.0 Å². The van der Waals surface area contributed by atoms with Crippen molar-refractivity contribution >= 4 is 11.7 Å². The van der Waals surface area contributed by atoms with Crippen molar-refractivity contribution in [1.29, 1.82) is 0 Å². The van der Waals surface area contributed by atoms with Crippen molar-refractivity contribution in [3.05, 3.63) is 64.7 Å². The number of para-hydroxylation sites is 1.